The summed E-state index contributed by atoms with van der Waals surface area (Å²) in [6.45, 7) is 0. The molecule has 5 heteroatoms. The Morgan fingerprint density at radius 3 is 1.69 bits per heavy atom. The Hall–Kier alpha value is -6.59. The standard InChI is InChI=1S/C44H29N3O2/c1-48-38-21-11-20-36(44-46-42(30-12-4-2-5-13-30)45-43(47-44)31-14-6-3-7-15-31)40(38)29-24-22-28(23-25-29)34-18-10-19-35-37-26-32-16-8-9-17-33(32)27-39(37)49-41(34)35/h2-27H,1H3. The van der Waals surface area contributed by atoms with Crippen molar-refractivity contribution in [2.24, 2.45) is 0 Å². The average molecular weight is 632 g/mol. The van der Waals surface area contributed by atoms with E-state index >= 15 is 0 Å². The number of para-hydroxylation sites is 1. The van der Waals surface area contributed by atoms with Gasteiger partial charge in [0.2, 0.25) is 0 Å². The van der Waals surface area contributed by atoms with Gasteiger partial charge in [-0.15, -0.1) is 0 Å². The summed E-state index contributed by atoms with van der Waals surface area (Å²) in [7, 11) is 1.70. The van der Waals surface area contributed by atoms with E-state index < -0.39 is 0 Å². The van der Waals surface area contributed by atoms with Crippen LogP contribution in [0.4, 0.5) is 0 Å². The van der Waals surface area contributed by atoms with Gasteiger partial charge in [0.25, 0.3) is 0 Å². The molecule has 0 radical (unpaired) electrons. The van der Waals surface area contributed by atoms with E-state index in [2.05, 4.69) is 78.9 Å². The number of nitrogens with zero attached hydrogens (tertiary/aromatic N) is 3. The van der Waals surface area contributed by atoms with Crippen molar-refractivity contribution in [2.75, 3.05) is 7.11 Å². The van der Waals surface area contributed by atoms with Gasteiger partial charge in [-0.1, -0.05) is 140 Å². The molecular weight excluding hydrogens is 603 g/mol. The third-order valence-corrected chi connectivity index (χ3v) is 9.04. The highest BCUT2D eigenvalue weighted by atomic mass is 16.5. The SMILES string of the molecule is COc1cccc(-c2nc(-c3ccccc3)nc(-c3ccccc3)n2)c1-c1ccc(-c2cccc3c2oc2cc4ccccc4cc23)cc1. The summed E-state index contributed by atoms with van der Waals surface area (Å²) in [5, 5.41) is 4.59. The molecular formula is C44H29N3O2. The molecule has 5 nitrogen and oxygen atoms in total. The van der Waals surface area contributed by atoms with E-state index in [1.54, 1.807) is 7.11 Å². The number of methoxy groups -OCH3 is 1. The fraction of sp³-hybridized carbons (Fsp3) is 0.0227. The molecule has 49 heavy (non-hydrogen) atoms. The van der Waals surface area contributed by atoms with E-state index in [0.717, 1.165) is 72.0 Å². The summed E-state index contributed by atoms with van der Waals surface area (Å²) in [4.78, 5) is 14.9. The third kappa shape index (κ3) is 5.09. The van der Waals surface area contributed by atoms with Gasteiger partial charge in [0.15, 0.2) is 17.5 Å². The minimum Gasteiger partial charge on any atom is -0.496 e. The average Bonchev–Trinajstić information content (AvgIpc) is 3.54. The number of benzene rings is 7. The van der Waals surface area contributed by atoms with Gasteiger partial charge in [-0.25, -0.2) is 15.0 Å². The van der Waals surface area contributed by atoms with Crippen LogP contribution in [0.5, 0.6) is 5.75 Å². The van der Waals surface area contributed by atoms with Crippen LogP contribution in [0.2, 0.25) is 0 Å². The molecule has 0 atom stereocenters. The van der Waals surface area contributed by atoms with Crippen LogP contribution in [-0.2, 0) is 0 Å². The predicted octanol–water partition coefficient (Wildman–Crippen LogP) is 11.3. The Kier molecular flexibility index (Phi) is 6.95. The molecule has 0 amide bonds. The summed E-state index contributed by atoms with van der Waals surface area (Å²) in [5.74, 6) is 2.53. The van der Waals surface area contributed by atoms with Crippen LogP contribution >= 0.6 is 0 Å². The number of fused-ring (bicyclic) bond motifs is 4. The fourth-order valence-corrected chi connectivity index (χ4v) is 6.64. The van der Waals surface area contributed by atoms with E-state index in [1.165, 1.54) is 5.39 Å². The van der Waals surface area contributed by atoms with E-state index in [1.807, 2.05) is 78.9 Å². The van der Waals surface area contributed by atoms with Crippen molar-refractivity contribution in [3.05, 3.63) is 158 Å². The van der Waals surface area contributed by atoms with Crippen molar-refractivity contribution >= 4 is 32.7 Å². The van der Waals surface area contributed by atoms with Crippen LogP contribution in [-0.4, -0.2) is 22.1 Å². The lowest BCUT2D eigenvalue weighted by Crippen LogP contribution is -2.01. The molecule has 2 heterocycles. The Bertz CT molecular complexity index is 2570. The van der Waals surface area contributed by atoms with Gasteiger partial charge in [-0.3, -0.25) is 0 Å². The van der Waals surface area contributed by atoms with Gasteiger partial charge in [0.1, 0.15) is 16.9 Å². The molecule has 0 saturated heterocycles. The largest absolute Gasteiger partial charge is 0.496 e. The summed E-state index contributed by atoms with van der Waals surface area (Å²) in [5.41, 5.74) is 8.47. The molecule has 0 bridgehead atoms. The summed E-state index contributed by atoms with van der Waals surface area (Å²) >= 11 is 0. The molecule has 0 N–H and O–H groups in total. The Labute approximate surface area is 283 Å². The quantitative estimate of drug-likeness (QED) is 0.183. The van der Waals surface area contributed by atoms with Gasteiger partial charge in [-0.05, 0) is 40.1 Å². The highest BCUT2D eigenvalue weighted by Gasteiger charge is 2.19. The minimum atomic E-state index is 0.574. The zero-order chi connectivity index (χ0) is 32.7. The van der Waals surface area contributed by atoms with Crippen LogP contribution < -0.4 is 4.74 Å². The Balaban J connectivity index is 1.17. The lowest BCUT2D eigenvalue weighted by atomic mass is 9.95. The van der Waals surface area contributed by atoms with E-state index in [4.69, 9.17) is 24.1 Å². The van der Waals surface area contributed by atoms with E-state index in [9.17, 15) is 0 Å². The number of furan rings is 1. The monoisotopic (exact) mass is 631 g/mol. The first-order valence-electron chi connectivity index (χ1n) is 16.2. The molecule has 232 valence electrons. The lowest BCUT2D eigenvalue weighted by Gasteiger charge is -2.15. The highest BCUT2D eigenvalue weighted by Crippen LogP contribution is 2.41. The summed E-state index contributed by atoms with van der Waals surface area (Å²) in [6, 6.07) is 53.7. The lowest BCUT2D eigenvalue weighted by molar-refractivity contribution is 0.416. The number of aromatic nitrogens is 3. The highest BCUT2D eigenvalue weighted by molar-refractivity contribution is 6.13. The topological polar surface area (TPSA) is 61.0 Å². The van der Waals surface area contributed by atoms with Crippen LogP contribution in [0.1, 0.15) is 0 Å². The van der Waals surface area contributed by atoms with Crippen molar-refractivity contribution in [2.45, 2.75) is 0 Å². The number of ether oxygens (including phenoxy) is 1. The fourth-order valence-electron chi connectivity index (χ4n) is 6.64. The van der Waals surface area contributed by atoms with Gasteiger partial charge >= 0.3 is 0 Å². The first kappa shape index (κ1) is 28.6. The zero-order valence-electron chi connectivity index (χ0n) is 26.7. The van der Waals surface area contributed by atoms with Crippen LogP contribution in [0.15, 0.2) is 162 Å². The first-order chi connectivity index (χ1) is 24.2. The molecule has 0 aliphatic rings. The van der Waals surface area contributed by atoms with E-state index in [0.29, 0.717) is 17.5 Å². The molecule has 0 unspecified atom stereocenters. The van der Waals surface area contributed by atoms with Crippen molar-refractivity contribution < 1.29 is 9.15 Å². The van der Waals surface area contributed by atoms with Crippen molar-refractivity contribution in [3.63, 3.8) is 0 Å². The van der Waals surface area contributed by atoms with Crippen LogP contribution in [0, 0.1) is 0 Å². The molecule has 0 aliphatic heterocycles. The molecule has 0 saturated carbocycles. The second-order valence-corrected chi connectivity index (χ2v) is 12.0. The first-order valence-corrected chi connectivity index (χ1v) is 16.2. The van der Waals surface area contributed by atoms with Crippen LogP contribution in [0.3, 0.4) is 0 Å². The molecule has 9 rings (SSSR count). The van der Waals surface area contributed by atoms with Gasteiger partial charge < -0.3 is 9.15 Å². The Morgan fingerprint density at radius 2 is 1.02 bits per heavy atom. The normalized spacial score (nSPS) is 11.4. The number of hydrogen-bond acceptors (Lipinski definition) is 5. The van der Waals surface area contributed by atoms with Gasteiger partial charge in [-0.2, -0.15) is 0 Å². The molecule has 2 aromatic heterocycles. The number of hydrogen-bond donors (Lipinski definition) is 0. The molecule has 0 aliphatic carbocycles. The smallest absolute Gasteiger partial charge is 0.164 e. The van der Waals surface area contributed by atoms with Crippen molar-refractivity contribution in [3.8, 4) is 62.2 Å². The second-order valence-electron chi connectivity index (χ2n) is 12.0. The molecule has 7 aromatic carbocycles. The van der Waals surface area contributed by atoms with Crippen molar-refractivity contribution in [1.29, 1.82) is 0 Å². The third-order valence-electron chi connectivity index (χ3n) is 9.04. The summed E-state index contributed by atoms with van der Waals surface area (Å²) in [6.07, 6.45) is 0. The van der Waals surface area contributed by atoms with E-state index in [-0.39, 0.29) is 0 Å². The maximum atomic E-state index is 6.53. The summed E-state index contributed by atoms with van der Waals surface area (Å²) < 4.78 is 12.5. The van der Waals surface area contributed by atoms with Gasteiger partial charge in [0.05, 0.1) is 7.11 Å². The minimum absolute atomic E-state index is 0.574. The maximum absolute atomic E-state index is 6.53. The maximum Gasteiger partial charge on any atom is 0.164 e. The zero-order valence-corrected chi connectivity index (χ0v) is 26.7. The number of rotatable bonds is 6. The molecule has 0 spiro atoms. The van der Waals surface area contributed by atoms with Crippen LogP contribution in [0.25, 0.3) is 89.1 Å². The predicted molar refractivity (Wildman–Crippen MR) is 198 cm³/mol. The second kappa shape index (κ2) is 11.9. The van der Waals surface area contributed by atoms with Gasteiger partial charge in [0, 0.05) is 38.6 Å². The van der Waals surface area contributed by atoms with Crippen molar-refractivity contribution in [1.82, 2.24) is 15.0 Å². The molecule has 9 aromatic rings. The molecule has 0 fully saturated rings. The Morgan fingerprint density at radius 1 is 0.449 bits per heavy atom.